The van der Waals surface area contributed by atoms with Crippen LogP contribution in [0.3, 0.4) is 0 Å². The highest BCUT2D eigenvalue weighted by Crippen LogP contribution is 2.34. The highest BCUT2D eigenvalue weighted by molar-refractivity contribution is 7.98. The van der Waals surface area contributed by atoms with E-state index in [-0.39, 0.29) is 6.04 Å². The number of thiophene rings is 1. The van der Waals surface area contributed by atoms with Crippen LogP contribution in [0.5, 0.6) is 0 Å². The first-order valence-electron chi connectivity index (χ1n) is 5.21. The van der Waals surface area contributed by atoms with E-state index in [1.807, 2.05) is 17.8 Å². The van der Waals surface area contributed by atoms with E-state index in [1.165, 1.54) is 17.1 Å². The minimum absolute atomic E-state index is 0.264. The van der Waals surface area contributed by atoms with E-state index in [0.29, 0.717) is 5.92 Å². The second-order valence-corrected chi connectivity index (χ2v) is 7.17. The standard InChI is InChI=1S/C11H17Cl2NS2/c1-7(6-15-3)5-14-8(2)9-4-10(12)16-11(9)13/h4,7-8,14H,5-6H2,1-3H3. The zero-order chi connectivity index (χ0) is 12.1. The maximum Gasteiger partial charge on any atom is 0.0991 e. The largest absolute Gasteiger partial charge is 0.310 e. The number of nitrogens with one attached hydrogen (secondary N) is 1. The van der Waals surface area contributed by atoms with E-state index < -0.39 is 0 Å². The normalized spacial score (nSPS) is 15.1. The molecule has 0 radical (unpaired) electrons. The highest BCUT2D eigenvalue weighted by atomic mass is 35.5. The second kappa shape index (κ2) is 7.12. The van der Waals surface area contributed by atoms with Gasteiger partial charge in [-0.3, -0.25) is 0 Å². The molecule has 0 saturated heterocycles. The van der Waals surface area contributed by atoms with Gasteiger partial charge in [-0.1, -0.05) is 30.1 Å². The first-order chi connectivity index (χ1) is 7.54. The summed E-state index contributed by atoms with van der Waals surface area (Å²) in [4.78, 5) is 0. The number of rotatable bonds is 6. The molecule has 0 spiro atoms. The Hall–Kier alpha value is 0.590. The lowest BCUT2D eigenvalue weighted by Gasteiger charge is -2.16. The molecule has 92 valence electrons. The molecule has 1 N–H and O–H groups in total. The van der Waals surface area contributed by atoms with Gasteiger partial charge in [-0.15, -0.1) is 11.3 Å². The van der Waals surface area contributed by atoms with E-state index in [9.17, 15) is 0 Å². The highest BCUT2D eigenvalue weighted by Gasteiger charge is 2.13. The Balaban J connectivity index is 2.46. The fraction of sp³-hybridized carbons (Fsp3) is 0.636. The smallest absolute Gasteiger partial charge is 0.0991 e. The molecule has 0 saturated carbocycles. The number of thioether (sulfide) groups is 1. The van der Waals surface area contributed by atoms with Crippen LogP contribution in [0.2, 0.25) is 8.67 Å². The molecular formula is C11H17Cl2NS2. The summed E-state index contributed by atoms with van der Waals surface area (Å²) in [6, 6.07) is 2.21. The van der Waals surface area contributed by atoms with Crippen molar-refractivity contribution in [1.29, 1.82) is 0 Å². The molecule has 1 aromatic heterocycles. The molecule has 1 heterocycles. The van der Waals surface area contributed by atoms with Gasteiger partial charge in [0.05, 0.1) is 8.67 Å². The third-order valence-corrected chi connectivity index (χ3v) is 4.79. The average Bonchev–Trinajstić information content (AvgIpc) is 2.55. The van der Waals surface area contributed by atoms with Crippen molar-refractivity contribution >= 4 is 46.3 Å². The van der Waals surface area contributed by atoms with Gasteiger partial charge in [0.1, 0.15) is 0 Å². The van der Waals surface area contributed by atoms with Gasteiger partial charge in [-0.25, -0.2) is 0 Å². The van der Waals surface area contributed by atoms with Crippen LogP contribution in [0.4, 0.5) is 0 Å². The lowest BCUT2D eigenvalue weighted by Crippen LogP contribution is -2.25. The molecule has 0 aliphatic rings. The van der Waals surface area contributed by atoms with Crippen molar-refractivity contribution in [3.05, 3.63) is 20.3 Å². The first-order valence-corrected chi connectivity index (χ1v) is 8.18. The molecule has 0 aliphatic heterocycles. The summed E-state index contributed by atoms with van der Waals surface area (Å²) in [5.41, 5.74) is 1.10. The average molecular weight is 298 g/mol. The molecule has 2 unspecified atom stereocenters. The molecular weight excluding hydrogens is 281 g/mol. The first kappa shape index (κ1) is 14.7. The van der Waals surface area contributed by atoms with Crippen molar-refractivity contribution in [3.8, 4) is 0 Å². The molecule has 5 heteroatoms. The van der Waals surface area contributed by atoms with Crippen LogP contribution in [-0.2, 0) is 0 Å². The molecule has 0 bridgehead atoms. The monoisotopic (exact) mass is 297 g/mol. The van der Waals surface area contributed by atoms with Crippen molar-refractivity contribution < 1.29 is 0 Å². The van der Waals surface area contributed by atoms with E-state index in [2.05, 4.69) is 25.4 Å². The molecule has 1 rings (SSSR count). The van der Waals surface area contributed by atoms with Gasteiger partial charge in [0.25, 0.3) is 0 Å². The number of hydrogen-bond acceptors (Lipinski definition) is 3. The Labute approximate surface area is 116 Å². The summed E-state index contributed by atoms with van der Waals surface area (Å²) < 4.78 is 1.55. The van der Waals surface area contributed by atoms with E-state index in [0.717, 1.165) is 20.8 Å². The third kappa shape index (κ3) is 4.46. The zero-order valence-corrected chi connectivity index (χ0v) is 12.9. The van der Waals surface area contributed by atoms with E-state index in [1.54, 1.807) is 0 Å². The zero-order valence-electron chi connectivity index (χ0n) is 9.72. The van der Waals surface area contributed by atoms with Gasteiger partial charge in [0.2, 0.25) is 0 Å². The minimum atomic E-state index is 0.264. The van der Waals surface area contributed by atoms with Crippen molar-refractivity contribution in [3.63, 3.8) is 0 Å². The Bertz CT molecular complexity index is 328. The van der Waals surface area contributed by atoms with Crippen LogP contribution in [0, 0.1) is 5.92 Å². The maximum absolute atomic E-state index is 6.11. The molecule has 1 aromatic rings. The van der Waals surface area contributed by atoms with E-state index in [4.69, 9.17) is 23.2 Å². The molecule has 0 amide bonds. The topological polar surface area (TPSA) is 12.0 Å². The predicted octanol–water partition coefficient (Wildman–Crippen LogP) is 4.70. The van der Waals surface area contributed by atoms with Gasteiger partial charge >= 0.3 is 0 Å². The molecule has 16 heavy (non-hydrogen) atoms. The summed E-state index contributed by atoms with van der Waals surface area (Å²) >= 11 is 15.3. The van der Waals surface area contributed by atoms with Crippen LogP contribution in [0.25, 0.3) is 0 Å². The quantitative estimate of drug-likeness (QED) is 0.816. The van der Waals surface area contributed by atoms with Crippen LogP contribution in [0.1, 0.15) is 25.5 Å². The molecule has 1 nitrogen and oxygen atoms in total. The summed E-state index contributed by atoms with van der Waals surface area (Å²) in [5.74, 6) is 1.85. The molecule has 0 fully saturated rings. The van der Waals surface area contributed by atoms with Gasteiger partial charge in [-0.05, 0) is 43.0 Å². The van der Waals surface area contributed by atoms with Crippen molar-refractivity contribution in [2.75, 3.05) is 18.6 Å². The van der Waals surface area contributed by atoms with Crippen LogP contribution >= 0.6 is 46.3 Å². The second-order valence-electron chi connectivity index (χ2n) is 3.97. The minimum Gasteiger partial charge on any atom is -0.310 e. The van der Waals surface area contributed by atoms with Crippen molar-refractivity contribution in [2.45, 2.75) is 19.9 Å². The van der Waals surface area contributed by atoms with Gasteiger partial charge in [0.15, 0.2) is 0 Å². The number of halogens is 2. The van der Waals surface area contributed by atoms with Gasteiger partial charge < -0.3 is 5.32 Å². The van der Waals surface area contributed by atoms with Crippen molar-refractivity contribution in [2.24, 2.45) is 5.92 Å². The SMILES string of the molecule is CSCC(C)CNC(C)c1cc(Cl)sc1Cl. The lowest BCUT2D eigenvalue weighted by atomic mass is 10.1. The Morgan fingerprint density at radius 1 is 1.44 bits per heavy atom. The summed E-state index contributed by atoms with van der Waals surface area (Å²) in [6.45, 7) is 5.38. The van der Waals surface area contributed by atoms with Crippen LogP contribution in [0.15, 0.2) is 6.07 Å². The number of hydrogen-bond donors (Lipinski definition) is 1. The Morgan fingerprint density at radius 2 is 2.12 bits per heavy atom. The Kier molecular flexibility index (Phi) is 6.52. The Morgan fingerprint density at radius 3 is 2.62 bits per heavy atom. The summed E-state index contributed by atoms with van der Waals surface area (Å²) in [6.07, 6.45) is 2.13. The van der Waals surface area contributed by atoms with Crippen LogP contribution in [-0.4, -0.2) is 18.6 Å². The molecule has 0 aliphatic carbocycles. The fourth-order valence-corrected chi connectivity index (χ4v) is 3.81. The molecule has 2 atom stereocenters. The summed E-state index contributed by atoms with van der Waals surface area (Å²) in [5, 5.41) is 3.49. The van der Waals surface area contributed by atoms with Gasteiger partial charge in [-0.2, -0.15) is 11.8 Å². The maximum atomic E-state index is 6.11. The van der Waals surface area contributed by atoms with Gasteiger partial charge in [0, 0.05) is 6.04 Å². The predicted molar refractivity (Wildman–Crippen MR) is 78.3 cm³/mol. The molecule has 0 aromatic carbocycles. The third-order valence-electron chi connectivity index (χ3n) is 2.37. The van der Waals surface area contributed by atoms with E-state index >= 15 is 0 Å². The van der Waals surface area contributed by atoms with Crippen LogP contribution < -0.4 is 5.32 Å². The summed E-state index contributed by atoms with van der Waals surface area (Å²) in [7, 11) is 0. The van der Waals surface area contributed by atoms with Crippen molar-refractivity contribution in [1.82, 2.24) is 5.32 Å². The lowest BCUT2D eigenvalue weighted by molar-refractivity contribution is 0.502. The fourth-order valence-electron chi connectivity index (χ4n) is 1.48.